The lowest BCUT2D eigenvalue weighted by molar-refractivity contribution is 0.0709. The van der Waals surface area contributed by atoms with Crippen LogP contribution in [0.15, 0.2) is 0 Å². The Hall–Kier alpha value is -1.60. The first kappa shape index (κ1) is 14.3. The van der Waals surface area contributed by atoms with Crippen molar-refractivity contribution in [3.05, 3.63) is 10.6 Å². The summed E-state index contributed by atoms with van der Waals surface area (Å²) >= 11 is 1.44. The number of rotatable bonds is 2. The Morgan fingerprint density at radius 2 is 2.14 bits per heavy atom. The van der Waals surface area contributed by atoms with Crippen molar-refractivity contribution in [3.63, 3.8) is 0 Å². The number of nitrogens with zero attached hydrogens (tertiary/aromatic N) is 3. The van der Waals surface area contributed by atoms with Crippen molar-refractivity contribution < 1.29 is 4.79 Å². The summed E-state index contributed by atoms with van der Waals surface area (Å²) in [6.07, 6.45) is 1.99. The summed E-state index contributed by atoms with van der Waals surface area (Å²) in [5.41, 5.74) is 7.67. The van der Waals surface area contributed by atoms with Crippen molar-refractivity contribution >= 4 is 33.1 Å². The number of nitrogens with two attached hydrogens (primary N) is 1. The number of aryl methyl sites for hydroxylation is 2. The van der Waals surface area contributed by atoms with E-state index in [1.54, 1.807) is 4.68 Å². The summed E-state index contributed by atoms with van der Waals surface area (Å²) in [7, 11) is 3.77. The van der Waals surface area contributed by atoms with Gasteiger partial charge in [-0.25, -0.2) is 0 Å². The number of thiophene rings is 1. The highest BCUT2D eigenvalue weighted by molar-refractivity contribution is 7.21. The number of hydrogen-bond acceptors (Lipinski definition) is 5. The molecule has 1 aliphatic heterocycles. The molecule has 0 atom stereocenters. The number of amides is 1. The summed E-state index contributed by atoms with van der Waals surface area (Å²) < 4.78 is 1.80. The molecule has 0 saturated carbocycles. The lowest BCUT2D eigenvalue weighted by atomic mass is 10.1. The SMILES string of the molecule is Cc1nn(C)c2sc(C(=O)N(C)C3CCNCC3)c(N)c12. The van der Waals surface area contributed by atoms with Crippen LogP contribution in [-0.4, -0.2) is 46.8 Å². The summed E-state index contributed by atoms with van der Waals surface area (Å²) in [6.45, 7) is 3.86. The molecule has 1 aliphatic rings. The van der Waals surface area contributed by atoms with Gasteiger partial charge in [-0.05, 0) is 32.9 Å². The number of nitrogen functional groups attached to an aromatic ring is 1. The van der Waals surface area contributed by atoms with E-state index >= 15 is 0 Å². The van der Waals surface area contributed by atoms with E-state index in [0.29, 0.717) is 16.6 Å². The fourth-order valence-electron chi connectivity index (χ4n) is 3.01. The summed E-state index contributed by atoms with van der Waals surface area (Å²) in [5, 5.41) is 8.60. The molecule has 7 heteroatoms. The van der Waals surface area contributed by atoms with Gasteiger partial charge >= 0.3 is 0 Å². The predicted octanol–water partition coefficient (Wildman–Crippen LogP) is 1.35. The summed E-state index contributed by atoms with van der Waals surface area (Å²) in [6, 6.07) is 0.294. The maximum absolute atomic E-state index is 12.8. The molecule has 0 unspecified atom stereocenters. The van der Waals surface area contributed by atoms with Crippen molar-refractivity contribution in [2.45, 2.75) is 25.8 Å². The highest BCUT2D eigenvalue weighted by Crippen LogP contribution is 2.36. The largest absolute Gasteiger partial charge is 0.397 e. The number of fused-ring (bicyclic) bond motifs is 1. The number of anilines is 1. The van der Waals surface area contributed by atoms with Gasteiger partial charge in [-0.15, -0.1) is 11.3 Å². The topological polar surface area (TPSA) is 76.2 Å². The molecule has 1 amide bonds. The molecule has 0 aliphatic carbocycles. The smallest absolute Gasteiger partial charge is 0.266 e. The van der Waals surface area contributed by atoms with Crippen molar-refractivity contribution in [1.82, 2.24) is 20.0 Å². The molecule has 2 aromatic rings. The first-order valence-corrected chi connectivity index (χ1v) is 8.01. The fourth-order valence-corrected chi connectivity index (χ4v) is 4.18. The van der Waals surface area contributed by atoms with Gasteiger partial charge in [0, 0.05) is 20.1 Å². The maximum Gasteiger partial charge on any atom is 0.266 e. The second-order valence-electron chi connectivity index (χ2n) is 5.63. The molecule has 1 fully saturated rings. The zero-order valence-electron chi connectivity index (χ0n) is 12.6. The van der Waals surface area contributed by atoms with Crippen LogP contribution in [0.25, 0.3) is 10.2 Å². The maximum atomic E-state index is 12.8. The van der Waals surface area contributed by atoms with E-state index < -0.39 is 0 Å². The zero-order chi connectivity index (χ0) is 15.1. The van der Waals surface area contributed by atoms with Crippen molar-refractivity contribution in [1.29, 1.82) is 0 Å². The number of nitrogens with one attached hydrogen (secondary N) is 1. The van der Waals surface area contributed by atoms with Gasteiger partial charge in [0.1, 0.15) is 9.71 Å². The Bertz CT molecular complexity index is 683. The van der Waals surface area contributed by atoms with Gasteiger partial charge in [0.15, 0.2) is 0 Å². The van der Waals surface area contributed by atoms with E-state index in [9.17, 15) is 4.79 Å². The van der Waals surface area contributed by atoms with Crippen LogP contribution < -0.4 is 11.1 Å². The van der Waals surface area contributed by atoms with Gasteiger partial charge in [0.2, 0.25) is 0 Å². The zero-order valence-corrected chi connectivity index (χ0v) is 13.5. The van der Waals surface area contributed by atoms with Crippen LogP contribution in [0.4, 0.5) is 5.69 Å². The number of hydrogen-bond donors (Lipinski definition) is 2. The average molecular weight is 307 g/mol. The van der Waals surface area contributed by atoms with Gasteiger partial charge in [0.05, 0.1) is 16.8 Å². The third-order valence-corrected chi connectivity index (χ3v) is 5.51. The van der Waals surface area contributed by atoms with E-state index in [2.05, 4.69) is 10.4 Å². The van der Waals surface area contributed by atoms with Gasteiger partial charge in [-0.2, -0.15) is 5.10 Å². The van der Waals surface area contributed by atoms with E-state index in [-0.39, 0.29) is 5.91 Å². The van der Waals surface area contributed by atoms with Crippen molar-refractivity contribution in [3.8, 4) is 0 Å². The Labute approximate surface area is 127 Å². The molecule has 3 N–H and O–H groups in total. The van der Waals surface area contributed by atoms with E-state index in [0.717, 1.165) is 41.8 Å². The first-order chi connectivity index (χ1) is 10.0. The molecule has 0 spiro atoms. The summed E-state index contributed by atoms with van der Waals surface area (Å²) in [5.74, 6) is 0.0278. The third kappa shape index (κ3) is 2.30. The highest BCUT2D eigenvalue weighted by atomic mass is 32.1. The Morgan fingerprint density at radius 3 is 2.76 bits per heavy atom. The van der Waals surface area contributed by atoms with Crippen LogP contribution in [-0.2, 0) is 7.05 Å². The molecule has 6 nitrogen and oxygen atoms in total. The lowest BCUT2D eigenvalue weighted by Crippen LogP contribution is -2.43. The predicted molar refractivity (Wildman–Crippen MR) is 85.7 cm³/mol. The molecule has 21 heavy (non-hydrogen) atoms. The minimum Gasteiger partial charge on any atom is -0.397 e. The van der Waals surface area contributed by atoms with Crippen LogP contribution in [0.2, 0.25) is 0 Å². The molecular formula is C14H21N5OS. The normalized spacial score (nSPS) is 16.5. The number of aromatic nitrogens is 2. The summed E-state index contributed by atoms with van der Waals surface area (Å²) in [4.78, 5) is 16.2. The second-order valence-corrected chi connectivity index (χ2v) is 6.63. The van der Waals surface area contributed by atoms with Crippen LogP contribution in [0.5, 0.6) is 0 Å². The molecular weight excluding hydrogens is 286 g/mol. The Morgan fingerprint density at radius 1 is 1.48 bits per heavy atom. The van der Waals surface area contributed by atoms with Gasteiger partial charge < -0.3 is 16.0 Å². The second kappa shape index (κ2) is 5.31. The molecule has 0 radical (unpaired) electrons. The van der Waals surface area contributed by atoms with E-state index in [1.807, 2.05) is 25.9 Å². The molecule has 1 saturated heterocycles. The van der Waals surface area contributed by atoms with Crippen LogP contribution in [0, 0.1) is 6.92 Å². The van der Waals surface area contributed by atoms with Crippen LogP contribution in [0.1, 0.15) is 28.2 Å². The van der Waals surface area contributed by atoms with Gasteiger partial charge in [0.25, 0.3) is 5.91 Å². The monoisotopic (exact) mass is 307 g/mol. The standard InChI is InChI=1S/C14H21N5OS/c1-8-10-11(15)12(21-14(10)19(3)17-8)13(20)18(2)9-4-6-16-7-5-9/h9,16H,4-7,15H2,1-3H3. The lowest BCUT2D eigenvalue weighted by Gasteiger charge is -2.31. The number of carbonyl (C=O) groups is 1. The van der Waals surface area contributed by atoms with E-state index in [4.69, 9.17) is 5.73 Å². The van der Waals surface area contributed by atoms with Crippen molar-refractivity contribution in [2.75, 3.05) is 25.9 Å². The molecule has 0 aromatic carbocycles. The number of carbonyl (C=O) groups excluding carboxylic acids is 1. The van der Waals surface area contributed by atoms with Crippen LogP contribution in [0.3, 0.4) is 0 Å². The van der Waals surface area contributed by atoms with Crippen molar-refractivity contribution in [2.24, 2.45) is 7.05 Å². The Kier molecular flexibility index (Phi) is 3.62. The minimum absolute atomic E-state index is 0.0278. The highest BCUT2D eigenvalue weighted by Gasteiger charge is 2.27. The first-order valence-electron chi connectivity index (χ1n) is 7.20. The molecule has 3 heterocycles. The molecule has 3 rings (SSSR count). The Balaban J connectivity index is 1.94. The quantitative estimate of drug-likeness (QED) is 0.878. The van der Waals surface area contributed by atoms with E-state index in [1.165, 1.54) is 11.3 Å². The van der Waals surface area contributed by atoms with Crippen LogP contribution >= 0.6 is 11.3 Å². The van der Waals surface area contributed by atoms with Gasteiger partial charge in [-0.3, -0.25) is 9.48 Å². The molecule has 114 valence electrons. The fraction of sp³-hybridized carbons (Fsp3) is 0.571. The third-order valence-electron chi connectivity index (χ3n) is 4.25. The minimum atomic E-state index is 0.0278. The van der Waals surface area contributed by atoms with Gasteiger partial charge in [-0.1, -0.05) is 0 Å². The average Bonchev–Trinajstić information content (AvgIpc) is 2.97. The molecule has 0 bridgehead atoms. The molecule has 2 aromatic heterocycles. The number of piperidine rings is 1.